The molecule has 1 amide bonds. The van der Waals surface area contributed by atoms with E-state index >= 15 is 0 Å². The van der Waals surface area contributed by atoms with Gasteiger partial charge in [-0.05, 0) is 30.7 Å². The van der Waals surface area contributed by atoms with E-state index < -0.39 is 5.69 Å². The van der Waals surface area contributed by atoms with E-state index in [4.69, 9.17) is 11.6 Å². The molecule has 0 saturated heterocycles. The minimum absolute atomic E-state index is 0.0888. The van der Waals surface area contributed by atoms with Gasteiger partial charge in [0.25, 0.3) is 0 Å². The van der Waals surface area contributed by atoms with E-state index in [0.717, 1.165) is 0 Å². The van der Waals surface area contributed by atoms with Crippen LogP contribution in [0.3, 0.4) is 0 Å². The van der Waals surface area contributed by atoms with Gasteiger partial charge in [0.05, 0.1) is 6.54 Å². The van der Waals surface area contributed by atoms with Crippen molar-refractivity contribution < 1.29 is 9.18 Å². The first kappa shape index (κ1) is 15.2. The Kier molecular flexibility index (Phi) is 5.10. The number of hydrogen-bond donors (Lipinski definition) is 2. The second-order valence-electron chi connectivity index (χ2n) is 4.37. The third kappa shape index (κ3) is 4.16. The van der Waals surface area contributed by atoms with Crippen LogP contribution in [0.25, 0.3) is 0 Å². The van der Waals surface area contributed by atoms with Crippen LogP contribution in [0.2, 0.25) is 0 Å². The van der Waals surface area contributed by atoms with Crippen molar-refractivity contribution in [1.29, 1.82) is 0 Å². The van der Waals surface area contributed by atoms with Gasteiger partial charge in [0.2, 0.25) is 5.91 Å². The minimum atomic E-state index is -0.447. The first-order valence-electron chi connectivity index (χ1n) is 6.35. The Balaban J connectivity index is 2.22. The molecule has 0 spiro atoms. The van der Waals surface area contributed by atoms with Crippen molar-refractivity contribution in [2.24, 2.45) is 0 Å². The molecule has 2 aromatic rings. The van der Waals surface area contributed by atoms with Crippen LogP contribution < -0.4 is 10.6 Å². The molecule has 8 heteroatoms. The molecule has 0 fully saturated rings. The molecule has 0 aliphatic carbocycles. The summed E-state index contributed by atoms with van der Waals surface area (Å²) < 4.78 is 13.0. The molecular weight excluding hydrogens is 299 g/mol. The molecule has 0 bridgehead atoms. The highest BCUT2D eigenvalue weighted by Gasteiger charge is 2.17. The summed E-state index contributed by atoms with van der Waals surface area (Å²) in [5.41, 5.74) is 0.0806. The number of alkyl halides is 1. The maximum Gasteiger partial charge on any atom is 0.340 e. The van der Waals surface area contributed by atoms with Crippen molar-refractivity contribution in [3.8, 4) is 0 Å². The van der Waals surface area contributed by atoms with Crippen LogP contribution >= 0.6 is 11.6 Å². The van der Waals surface area contributed by atoms with Crippen LogP contribution in [0.15, 0.2) is 29.1 Å². The Morgan fingerprint density at radius 2 is 2.05 bits per heavy atom. The van der Waals surface area contributed by atoms with E-state index in [1.165, 1.54) is 29.2 Å². The first-order valence-corrected chi connectivity index (χ1v) is 6.89. The lowest BCUT2D eigenvalue weighted by Gasteiger charge is -2.21. The van der Waals surface area contributed by atoms with E-state index in [1.807, 2.05) is 0 Å². The molecule has 0 aliphatic rings. The molecular formula is C13H14ClFN4O2. The van der Waals surface area contributed by atoms with Gasteiger partial charge in [-0.15, -0.1) is 11.6 Å². The third-order valence-corrected chi connectivity index (χ3v) is 3.09. The average Bonchev–Trinajstić information content (AvgIpc) is 2.89. The predicted octanol–water partition coefficient (Wildman–Crippen LogP) is 1.79. The van der Waals surface area contributed by atoms with Gasteiger partial charge in [-0.2, -0.15) is 5.10 Å². The molecule has 112 valence electrons. The zero-order chi connectivity index (χ0) is 15.2. The average molecular weight is 313 g/mol. The quantitative estimate of drug-likeness (QED) is 0.798. The van der Waals surface area contributed by atoms with Gasteiger partial charge >= 0.3 is 5.69 Å². The number of carbonyl (C=O) groups is 1. The SMILES string of the molecule is O=C(CCCCl)N(Cc1n[nH]c(=O)[nH]1)c1ccc(F)cc1. The summed E-state index contributed by atoms with van der Waals surface area (Å²) in [4.78, 5) is 27.2. The Morgan fingerprint density at radius 3 is 2.62 bits per heavy atom. The Labute approximate surface area is 124 Å². The molecule has 0 unspecified atom stereocenters. The Bertz CT molecular complexity index is 653. The van der Waals surface area contributed by atoms with Gasteiger partial charge in [-0.25, -0.2) is 14.3 Å². The molecule has 0 radical (unpaired) electrons. The van der Waals surface area contributed by atoms with Crippen LogP contribution in [0, 0.1) is 5.82 Å². The van der Waals surface area contributed by atoms with Crippen LogP contribution in [0.5, 0.6) is 0 Å². The number of amides is 1. The van der Waals surface area contributed by atoms with E-state index in [-0.39, 0.29) is 24.7 Å². The lowest BCUT2D eigenvalue weighted by molar-refractivity contribution is -0.118. The number of H-pyrrole nitrogens is 2. The summed E-state index contributed by atoms with van der Waals surface area (Å²) in [6.45, 7) is 0.0888. The second-order valence-corrected chi connectivity index (χ2v) is 4.75. The van der Waals surface area contributed by atoms with Gasteiger partial charge in [-0.3, -0.25) is 9.78 Å². The number of rotatable bonds is 6. The number of nitrogens with zero attached hydrogens (tertiary/aromatic N) is 2. The summed E-state index contributed by atoms with van der Waals surface area (Å²) in [5, 5.41) is 6.01. The van der Waals surface area contributed by atoms with Crippen LogP contribution in [-0.2, 0) is 11.3 Å². The summed E-state index contributed by atoms with van der Waals surface area (Å²) in [5.74, 6) is 0.136. The normalized spacial score (nSPS) is 10.6. The molecule has 2 N–H and O–H groups in total. The van der Waals surface area contributed by atoms with Crippen molar-refractivity contribution in [2.75, 3.05) is 10.8 Å². The molecule has 1 aromatic carbocycles. The molecule has 0 atom stereocenters. The van der Waals surface area contributed by atoms with Gasteiger partial charge < -0.3 is 4.90 Å². The Morgan fingerprint density at radius 1 is 1.33 bits per heavy atom. The molecule has 1 heterocycles. The fourth-order valence-electron chi connectivity index (χ4n) is 1.83. The zero-order valence-corrected chi connectivity index (χ0v) is 11.9. The molecule has 1 aromatic heterocycles. The fourth-order valence-corrected chi connectivity index (χ4v) is 1.96. The highest BCUT2D eigenvalue weighted by Crippen LogP contribution is 2.18. The highest BCUT2D eigenvalue weighted by molar-refractivity contribution is 6.18. The zero-order valence-electron chi connectivity index (χ0n) is 11.1. The largest absolute Gasteiger partial charge is 0.340 e. The number of benzene rings is 1. The lowest BCUT2D eigenvalue weighted by atomic mass is 10.2. The van der Waals surface area contributed by atoms with E-state index in [9.17, 15) is 14.0 Å². The van der Waals surface area contributed by atoms with E-state index in [0.29, 0.717) is 23.8 Å². The molecule has 2 rings (SSSR count). The number of nitrogens with one attached hydrogen (secondary N) is 2. The Hall–Kier alpha value is -2.15. The molecule has 0 saturated carbocycles. The van der Waals surface area contributed by atoms with Crippen molar-refractivity contribution in [3.05, 3.63) is 46.4 Å². The van der Waals surface area contributed by atoms with Crippen molar-refractivity contribution in [2.45, 2.75) is 19.4 Å². The van der Waals surface area contributed by atoms with Crippen molar-refractivity contribution in [1.82, 2.24) is 15.2 Å². The first-order chi connectivity index (χ1) is 10.1. The predicted molar refractivity (Wildman–Crippen MR) is 76.8 cm³/mol. The van der Waals surface area contributed by atoms with Crippen molar-refractivity contribution >= 4 is 23.2 Å². The van der Waals surface area contributed by atoms with Crippen LogP contribution in [0.1, 0.15) is 18.7 Å². The van der Waals surface area contributed by atoms with Crippen LogP contribution in [-0.4, -0.2) is 27.0 Å². The monoisotopic (exact) mass is 312 g/mol. The minimum Gasteiger partial charge on any atom is -0.305 e. The van der Waals surface area contributed by atoms with E-state index in [1.54, 1.807) is 0 Å². The van der Waals surface area contributed by atoms with Gasteiger partial charge in [-0.1, -0.05) is 0 Å². The van der Waals surface area contributed by atoms with Gasteiger partial charge in [0.1, 0.15) is 5.82 Å². The van der Waals surface area contributed by atoms with Crippen LogP contribution in [0.4, 0.5) is 10.1 Å². The second kappa shape index (κ2) is 7.03. The van der Waals surface area contributed by atoms with Gasteiger partial charge in [0.15, 0.2) is 5.82 Å². The number of halogens is 2. The number of aromatic amines is 2. The summed E-state index contributed by atoms with van der Waals surface area (Å²) in [6.07, 6.45) is 0.796. The third-order valence-electron chi connectivity index (χ3n) is 2.82. The number of anilines is 1. The summed E-state index contributed by atoms with van der Waals surface area (Å²) in [6, 6.07) is 5.53. The number of carbonyl (C=O) groups excluding carboxylic acids is 1. The summed E-state index contributed by atoms with van der Waals surface area (Å²) in [7, 11) is 0. The van der Waals surface area contributed by atoms with Gasteiger partial charge in [0, 0.05) is 18.0 Å². The maximum atomic E-state index is 13.0. The smallest absolute Gasteiger partial charge is 0.305 e. The lowest BCUT2D eigenvalue weighted by Crippen LogP contribution is -2.31. The molecule has 0 aliphatic heterocycles. The highest BCUT2D eigenvalue weighted by atomic mass is 35.5. The van der Waals surface area contributed by atoms with E-state index in [2.05, 4.69) is 15.2 Å². The number of aromatic nitrogens is 3. The number of hydrogen-bond acceptors (Lipinski definition) is 3. The maximum absolute atomic E-state index is 13.0. The fraction of sp³-hybridized carbons (Fsp3) is 0.308. The molecule has 6 nitrogen and oxygen atoms in total. The standard InChI is InChI=1S/C13H14ClFN4O2/c14-7-1-2-12(20)19(8-11-16-13(21)18-17-11)10-5-3-9(15)4-6-10/h3-6H,1-2,7-8H2,(H2,16,17,18,21). The van der Waals surface area contributed by atoms with Crippen molar-refractivity contribution in [3.63, 3.8) is 0 Å². The summed E-state index contributed by atoms with van der Waals surface area (Å²) >= 11 is 5.60. The topological polar surface area (TPSA) is 81.8 Å². The molecule has 21 heavy (non-hydrogen) atoms.